The van der Waals surface area contributed by atoms with E-state index in [0.717, 1.165) is 0 Å². The van der Waals surface area contributed by atoms with Crippen molar-refractivity contribution >= 4 is 18.3 Å². The summed E-state index contributed by atoms with van der Waals surface area (Å²) >= 11 is 0. The lowest BCUT2D eigenvalue weighted by atomic mass is 10.00. The molecule has 5 nitrogen and oxygen atoms in total. The van der Waals surface area contributed by atoms with Gasteiger partial charge in [-0.3, -0.25) is 0 Å². The molecule has 86 valence electrons. The molecule has 1 aromatic heterocycles. The minimum absolute atomic E-state index is 0. The molecule has 2 heterocycles. The Labute approximate surface area is 95.6 Å². The number of halogens is 1. The summed E-state index contributed by atoms with van der Waals surface area (Å²) in [7, 11) is 0. The van der Waals surface area contributed by atoms with Gasteiger partial charge >= 0.3 is 0 Å². The van der Waals surface area contributed by atoms with Gasteiger partial charge in [-0.2, -0.15) is 0 Å². The van der Waals surface area contributed by atoms with Gasteiger partial charge in [0.1, 0.15) is 5.88 Å². The van der Waals surface area contributed by atoms with Crippen LogP contribution in [0.15, 0.2) is 10.7 Å². The van der Waals surface area contributed by atoms with E-state index in [9.17, 15) is 0 Å². The third-order valence-corrected chi connectivity index (χ3v) is 2.84. The van der Waals surface area contributed by atoms with Crippen LogP contribution in [0.4, 0.5) is 5.88 Å². The molecule has 0 unspecified atom stereocenters. The highest BCUT2D eigenvalue weighted by molar-refractivity contribution is 5.85. The Morgan fingerprint density at radius 3 is 2.53 bits per heavy atom. The van der Waals surface area contributed by atoms with E-state index in [1.165, 1.54) is 19.3 Å². The average Bonchev–Trinajstić information content (AvgIpc) is 2.51. The Morgan fingerprint density at radius 1 is 1.47 bits per heavy atom. The fourth-order valence-electron chi connectivity index (χ4n) is 2.16. The lowest BCUT2D eigenvalue weighted by Crippen LogP contribution is -2.67. The SMILES string of the molecule is C[C@@H]1CCC[C@H](C)N1[n+]1cc([NH-])on1.Cl. The normalized spacial score (nSPS) is 26.1. The molecule has 0 radical (unpaired) electrons. The van der Waals surface area contributed by atoms with Crippen molar-refractivity contribution in [3.63, 3.8) is 0 Å². The Balaban J connectivity index is 0.00000112. The van der Waals surface area contributed by atoms with Crippen molar-refractivity contribution in [2.24, 2.45) is 0 Å². The smallest absolute Gasteiger partial charge is 0.256 e. The predicted molar refractivity (Wildman–Crippen MR) is 58.9 cm³/mol. The highest BCUT2D eigenvalue weighted by Gasteiger charge is 2.32. The minimum atomic E-state index is 0. The summed E-state index contributed by atoms with van der Waals surface area (Å²) < 4.78 is 4.75. The lowest BCUT2D eigenvalue weighted by Gasteiger charge is -2.31. The van der Waals surface area contributed by atoms with Gasteiger partial charge < -0.3 is 10.3 Å². The maximum atomic E-state index is 7.29. The summed E-state index contributed by atoms with van der Waals surface area (Å²) in [6.07, 6.45) is 5.23. The molecule has 1 saturated heterocycles. The summed E-state index contributed by atoms with van der Waals surface area (Å²) in [6.45, 7) is 4.36. The molecule has 1 aromatic rings. The van der Waals surface area contributed by atoms with Crippen molar-refractivity contribution in [2.45, 2.75) is 45.2 Å². The van der Waals surface area contributed by atoms with Crippen molar-refractivity contribution in [3.05, 3.63) is 11.9 Å². The molecule has 6 heteroatoms. The van der Waals surface area contributed by atoms with Gasteiger partial charge in [0.05, 0.1) is 16.9 Å². The first-order chi connectivity index (χ1) is 6.68. The second-order valence-electron chi connectivity index (χ2n) is 4.00. The molecule has 0 saturated carbocycles. The van der Waals surface area contributed by atoms with Crippen LogP contribution in [0.2, 0.25) is 0 Å². The van der Waals surface area contributed by atoms with Crippen molar-refractivity contribution in [2.75, 3.05) is 5.01 Å². The summed E-state index contributed by atoms with van der Waals surface area (Å²) in [5, 5.41) is 5.99. The highest BCUT2D eigenvalue weighted by Crippen LogP contribution is 2.18. The molecule has 1 aliphatic rings. The molecular formula is C9H17ClN4O. The Hall–Kier alpha value is -0.970. The van der Waals surface area contributed by atoms with Crippen LogP contribution in [0.1, 0.15) is 33.1 Å². The topological polar surface area (TPSA) is 57.0 Å². The fraction of sp³-hybridized carbons (Fsp3) is 0.778. The maximum Gasteiger partial charge on any atom is 0.256 e. The Bertz CT molecular complexity index is 307. The van der Waals surface area contributed by atoms with Crippen LogP contribution in [0.5, 0.6) is 0 Å². The fourth-order valence-corrected chi connectivity index (χ4v) is 2.16. The second kappa shape index (κ2) is 4.70. The van der Waals surface area contributed by atoms with E-state index in [4.69, 9.17) is 10.3 Å². The number of hydrogen-bond acceptors (Lipinski definition) is 3. The summed E-state index contributed by atoms with van der Waals surface area (Å²) in [5.74, 6) is 0.106. The third-order valence-electron chi connectivity index (χ3n) is 2.84. The summed E-state index contributed by atoms with van der Waals surface area (Å²) in [4.78, 5) is 1.66. The third kappa shape index (κ3) is 2.34. The largest absolute Gasteiger partial charge is 0.660 e. The standard InChI is InChI=1S/C9H16N4O.ClH/c1-7-4-3-5-8(2)13(7)12-6-9(10)14-11-12;/h6-8,10H,3-5H2,1-2H3;1H/t7-,8+;. The van der Waals surface area contributed by atoms with Gasteiger partial charge in [0.15, 0.2) is 0 Å². The van der Waals surface area contributed by atoms with E-state index >= 15 is 0 Å². The number of rotatable bonds is 1. The zero-order valence-electron chi connectivity index (χ0n) is 9.01. The molecule has 2 rings (SSSR count). The quantitative estimate of drug-likeness (QED) is 0.696. The molecule has 0 aliphatic carbocycles. The number of nitrogens with one attached hydrogen (secondary N) is 1. The van der Waals surface area contributed by atoms with Crippen LogP contribution in [-0.2, 0) is 0 Å². The first-order valence-corrected chi connectivity index (χ1v) is 5.07. The molecule has 15 heavy (non-hydrogen) atoms. The molecule has 1 fully saturated rings. The van der Waals surface area contributed by atoms with Gasteiger partial charge in [-0.15, -0.1) is 17.4 Å². The number of aromatic nitrogens is 2. The van der Waals surface area contributed by atoms with Crippen molar-refractivity contribution in [3.8, 4) is 0 Å². The zero-order chi connectivity index (χ0) is 10.1. The van der Waals surface area contributed by atoms with Crippen LogP contribution < -0.4 is 9.80 Å². The van der Waals surface area contributed by atoms with Crippen LogP contribution in [-0.4, -0.2) is 17.4 Å². The Kier molecular flexibility index (Phi) is 3.79. The zero-order valence-corrected chi connectivity index (χ0v) is 9.83. The molecule has 2 atom stereocenters. The van der Waals surface area contributed by atoms with Crippen molar-refractivity contribution in [1.29, 1.82) is 0 Å². The minimum Gasteiger partial charge on any atom is -0.660 e. The molecule has 1 N–H and O–H groups in total. The van der Waals surface area contributed by atoms with Crippen LogP contribution in [0.3, 0.4) is 0 Å². The molecule has 0 spiro atoms. The second-order valence-corrected chi connectivity index (χ2v) is 4.00. The van der Waals surface area contributed by atoms with E-state index in [0.29, 0.717) is 12.1 Å². The number of nitrogens with zero attached hydrogens (tertiary/aromatic N) is 3. The van der Waals surface area contributed by atoms with Gasteiger partial charge in [0, 0.05) is 0 Å². The van der Waals surface area contributed by atoms with Crippen LogP contribution in [0.25, 0.3) is 5.73 Å². The van der Waals surface area contributed by atoms with E-state index in [1.807, 2.05) is 0 Å². The van der Waals surface area contributed by atoms with Crippen LogP contribution >= 0.6 is 12.4 Å². The molecule has 0 amide bonds. The predicted octanol–water partition coefficient (Wildman–Crippen LogP) is 1.97. The average molecular weight is 233 g/mol. The first kappa shape index (κ1) is 12.1. The van der Waals surface area contributed by atoms with Gasteiger partial charge in [-0.25, -0.2) is 0 Å². The van der Waals surface area contributed by atoms with Gasteiger partial charge in [0.2, 0.25) is 5.27 Å². The van der Waals surface area contributed by atoms with Crippen molar-refractivity contribution < 1.29 is 9.31 Å². The number of piperidine rings is 1. The highest BCUT2D eigenvalue weighted by atomic mass is 35.5. The van der Waals surface area contributed by atoms with Gasteiger partial charge in [0.25, 0.3) is 6.20 Å². The van der Waals surface area contributed by atoms with Crippen LogP contribution in [0, 0.1) is 0 Å². The molecule has 0 bridgehead atoms. The van der Waals surface area contributed by atoms with E-state index in [1.54, 1.807) is 11.0 Å². The van der Waals surface area contributed by atoms with Gasteiger partial charge in [-0.1, -0.05) is 0 Å². The van der Waals surface area contributed by atoms with E-state index in [-0.39, 0.29) is 18.3 Å². The van der Waals surface area contributed by atoms with Gasteiger partial charge in [-0.05, 0) is 33.1 Å². The lowest BCUT2D eigenvalue weighted by molar-refractivity contribution is -0.765. The summed E-state index contributed by atoms with van der Waals surface area (Å²) in [6, 6.07) is 0.932. The van der Waals surface area contributed by atoms with E-state index in [2.05, 4.69) is 24.1 Å². The van der Waals surface area contributed by atoms with Crippen molar-refractivity contribution in [1.82, 2.24) is 5.27 Å². The first-order valence-electron chi connectivity index (χ1n) is 5.07. The molecular weight excluding hydrogens is 216 g/mol. The monoisotopic (exact) mass is 232 g/mol. The molecule has 1 aliphatic heterocycles. The maximum absolute atomic E-state index is 7.29. The Morgan fingerprint density at radius 2 is 2.07 bits per heavy atom. The van der Waals surface area contributed by atoms with E-state index < -0.39 is 0 Å². The number of hydrogen-bond donors (Lipinski definition) is 0. The summed E-state index contributed by atoms with van der Waals surface area (Å²) in [5.41, 5.74) is 7.29. The molecule has 0 aromatic carbocycles.